The summed E-state index contributed by atoms with van der Waals surface area (Å²) in [6.07, 6.45) is -0.747. The molecule has 0 aliphatic heterocycles. The van der Waals surface area contributed by atoms with Gasteiger partial charge in [-0.2, -0.15) is 0 Å². The van der Waals surface area contributed by atoms with Crippen LogP contribution in [-0.4, -0.2) is 33.3 Å². The van der Waals surface area contributed by atoms with Gasteiger partial charge < -0.3 is 25.8 Å². The fraction of sp³-hybridized carbons (Fsp3) is 0.323. The van der Waals surface area contributed by atoms with Crippen molar-refractivity contribution in [1.29, 1.82) is 0 Å². The van der Waals surface area contributed by atoms with E-state index in [0.717, 1.165) is 6.07 Å². The third-order valence-corrected chi connectivity index (χ3v) is 8.46. The molecular weight excluding hydrogens is 652 g/mol. The minimum absolute atomic E-state index is 0.135. The lowest BCUT2D eigenvalue weighted by Crippen LogP contribution is -2.44. The first-order chi connectivity index (χ1) is 21.0. The molecular formula is C31H30Cl3F3N6O2. The molecule has 0 radical (unpaired) electrons. The minimum Gasteiger partial charge on any atom is -0.381 e. The summed E-state index contributed by atoms with van der Waals surface area (Å²) in [5.41, 5.74) is 2.09. The second-order valence-electron chi connectivity index (χ2n) is 12.0. The number of alkyl halides is 2. The molecule has 3 aromatic carbocycles. The van der Waals surface area contributed by atoms with Gasteiger partial charge in [-0.05, 0) is 42.0 Å². The standard InChI is InChI=1S/C31H30Cl3F3N6O2/c1-30(2,3)28(45)38-14-15-5-7-19(32)26(25(15)34)42-29-41-23-10-18(27(44)40-16-6-8-21(35)20(33)9-16)22(11-24(23)43(29)4)39-17-12-31(36,37)13-17/h5-11,17,39H,12-14H2,1-4H3,(H,38,45)(H,40,44)(H,41,42). The van der Waals surface area contributed by atoms with Gasteiger partial charge in [0.15, 0.2) is 0 Å². The largest absolute Gasteiger partial charge is 0.381 e. The number of hydrogen-bond donors (Lipinski definition) is 4. The maximum absolute atomic E-state index is 13.7. The quantitative estimate of drug-likeness (QED) is 0.149. The lowest BCUT2D eigenvalue weighted by Gasteiger charge is -2.36. The molecule has 0 bridgehead atoms. The van der Waals surface area contributed by atoms with Crippen LogP contribution in [0.1, 0.15) is 49.5 Å². The van der Waals surface area contributed by atoms with Gasteiger partial charge >= 0.3 is 0 Å². The molecule has 0 saturated heterocycles. The van der Waals surface area contributed by atoms with Crippen molar-refractivity contribution in [3.63, 3.8) is 0 Å². The zero-order valence-corrected chi connectivity index (χ0v) is 27.0. The summed E-state index contributed by atoms with van der Waals surface area (Å²) in [5, 5.41) is 12.2. The molecule has 0 atom stereocenters. The molecule has 4 aromatic rings. The van der Waals surface area contributed by atoms with Gasteiger partial charge in [-0.25, -0.2) is 18.2 Å². The summed E-state index contributed by atoms with van der Waals surface area (Å²) >= 11 is 19.1. The maximum Gasteiger partial charge on any atom is 0.257 e. The van der Waals surface area contributed by atoms with E-state index in [1.54, 1.807) is 50.6 Å². The smallest absolute Gasteiger partial charge is 0.257 e. The lowest BCUT2D eigenvalue weighted by molar-refractivity contribution is -0.128. The summed E-state index contributed by atoms with van der Waals surface area (Å²) in [7, 11) is 1.73. The summed E-state index contributed by atoms with van der Waals surface area (Å²) in [6, 6.07) is 9.75. The van der Waals surface area contributed by atoms with Gasteiger partial charge in [0, 0.05) is 49.3 Å². The van der Waals surface area contributed by atoms with Crippen LogP contribution in [0.15, 0.2) is 42.5 Å². The Labute approximate surface area is 272 Å². The molecule has 238 valence electrons. The highest BCUT2D eigenvalue weighted by atomic mass is 35.5. The van der Waals surface area contributed by atoms with E-state index >= 15 is 0 Å². The van der Waals surface area contributed by atoms with Crippen molar-refractivity contribution in [2.45, 2.75) is 52.1 Å². The highest BCUT2D eigenvalue weighted by Crippen LogP contribution is 2.41. The number of rotatable bonds is 8. The Morgan fingerprint density at radius 3 is 2.40 bits per heavy atom. The molecule has 8 nitrogen and oxygen atoms in total. The van der Waals surface area contributed by atoms with Crippen LogP contribution >= 0.6 is 34.8 Å². The van der Waals surface area contributed by atoms with Gasteiger partial charge in [-0.1, -0.05) is 61.6 Å². The highest BCUT2D eigenvalue weighted by Gasteiger charge is 2.45. The zero-order chi connectivity index (χ0) is 32.8. The van der Waals surface area contributed by atoms with Crippen LogP contribution < -0.4 is 21.3 Å². The second kappa shape index (κ2) is 12.3. The SMILES string of the molecule is Cn1c(Nc2c(Cl)ccc(CNC(=O)C(C)(C)C)c2Cl)nc2cc(C(=O)Nc3ccc(F)c(Cl)c3)c(NC3CC(F)(F)C3)cc21. The number of aromatic nitrogens is 2. The maximum atomic E-state index is 13.7. The van der Waals surface area contributed by atoms with Crippen molar-refractivity contribution >= 4 is 80.7 Å². The molecule has 1 aliphatic rings. The van der Waals surface area contributed by atoms with E-state index in [0.29, 0.717) is 38.9 Å². The Kier molecular flexibility index (Phi) is 8.91. The number of carbonyl (C=O) groups excluding carboxylic acids is 2. The van der Waals surface area contributed by atoms with Crippen molar-refractivity contribution in [3.05, 3.63) is 74.5 Å². The number of carbonyl (C=O) groups is 2. The number of imidazole rings is 1. The second-order valence-corrected chi connectivity index (χ2v) is 13.2. The van der Waals surface area contributed by atoms with E-state index in [1.165, 1.54) is 18.2 Å². The van der Waals surface area contributed by atoms with Crippen LogP contribution in [0, 0.1) is 11.2 Å². The van der Waals surface area contributed by atoms with Crippen molar-refractivity contribution in [1.82, 2.24) is 14.9 Å². The number of nitrogens with zero attached hydrogens (tertiary/aromatic N) is 2. The van der Waals surface area contributed by atoms with E-state index in [9.17, 15) is 22.8 Å². The van der Waals surface area contributed by atoms with Gasteiger partial charge in [0.05, 0.1) is 37.4 Å². The number of benzene rings is 3. The third-order valence-electron chi connectivity index (χ3n) is 7.42. The number of amides is 2. The summed E-state index contributed by atoms with van der Waals surface area (Å²) in [6.45, 7) is 5.59. The monoisotopic (exact) mass is 680 g/mol. The number of fused-ring (bicyclic) bond motifs is 1. The molecule has 1 aromatic heterocycles. The first kappa shape index (κ1) is 32.7. The Hall–Kier alpha value is -3.67. The van der Waals surface area contributed by atoms with Gasteiger partial charge in [-0.3, -0.25) is 9.59 Å². The molecule has 2 amide bonds. The average molecular weight is 682 g/mol. The Morgan fingerprint density at radius 1 is 1.04 bits per heavy atom. The fourth-order valence-corrected chi connectivity index (χ4v) is 5.52. The van der Waals surface area contributed by atoms with Crippen LogP contribution in [0.2, 0.25) is 15.1 Å². The Balaban J connectivity index is 1.48. The first-order valence-corrected chi connectivity index (χ1v) is 15.1. The highest BCUT2D eigenvalue weighted by molar-refractivity contribution is 6.39. The number of hydrogen-bond acceptors (Lipinski definition) is 5. The molecule has 45 heavy (non-hydrogen) atoms. The van der Waals surface area contributed by atoms with Gasteiger partial charge in [-0.15, -0.1) is 0 Å². The normalized spacial score (nSPS) is 14.6. The molecule has 4 N–H and O–H groups in total. The first-order valence-electron chi connectivity index (χ1n) is 14.0. The van der Waals surface area contributed by atoms with Crippen LogP contribution in [-0.2, 0) is 18.4 Å². The van der Waals surface area contributed by atoms with E-state index < -0.39 is 29.1 Å². The predicted molar refractivity (Wildman–Crippen MR) is 173 cm³/mol. The van der Waals surface area contributed by atoms with Gasteiger partial charge in [0.2, 0.25) is 11.9 Å². The van der Waals surface area contributed by atoms with Crippen molar-refractivity contribution in [3.8, 4) is 0 Å². The number of halogens is 6. The zero-order valence-electron chi connectivity index (χ0n) is 24.7. The van der Waals surface area contributed by atoms with E-state index in [1.807, 2.05) is 0 Å². The van der Waals surface area contributed by atoms with Crippen molar-refractivity contribution < 1.29 is 22.8 Å². The molecule has 14 heteroatoms. The molecule has 1 fully saturated rings. The third kappa shape index (κ3) is 7.10. The van der Waals surface area contributed by atoms with Crippen LogP contribution in [0.4, 0.5) is 36.2 Å². The number of anilines is 4. The minimum atomic E-state index is -2.78. The van der Waals surface area contributed by atoms with Crippen LogP contribution in [0.5, 0.6) is 0 Å². The fourth-order valence-electron chi connectivity index (χ4n) is 4.81. The lowest BCUT2D eigenvalue weighted by atomic mass is 9.88. The van der Waals surface area contributed by atoms with Gasteiger partial charge in [0.1, 0.15) is 5.82 Å². The summed E-state index contributed by atoms with van der Waals surface area (Å²) < 4.78 is 42.7. The van der Waals surface area contributed by atoms with Crippen molar-refractivity contribution in [2.24, 2.45) is 12.5 Å². The summed E-state index contributed by atoms with van der Waals surface area (Å²) in [5.74, 6) is -3.81. The van der Waals surface area contributed by atoms with Crippen molar-refractivity contribution in [2.75, 3.05) is 16.0 Å². The number of aryl methyl sites for hydroxylation is 1. The van der Waals surface area contributed by atoms with E-state index in [2.05, 4.69) is 26.3 Å². The summed E-state index contributed by atoms with van der Waals surface area (Å²) in [4.78, 5) is 30.5. The molecule has 0 unspecified atom stereocenters. The topological polar surface area (TPSA) is 100 Å². The predicted octanol–water partition coefficient (Wildman–Crippen LogP) is 8.54. The molecule has 1 heterocycles. The Morgan fingerprint density at radius 2 is 1.76 bits per heavy atom. The molecule has 0 spiro atoms. The van der Waals surface area contributed by atoms with E-state index in [-0.39, 0.29) is 46.6 Å². The molecule has 5 rings (SSSR count). The molecule has 1 aliphatic carbocycles. The number of nitrogens with one attached hydrogen (secondary N) is 4. The van der Waals surface area contributed by atoms with Gasteiger partial charge in [0.25, 0.3) is 11.8 Å². The van der Waals surface area contributed by atoms with Crippen LogP contribution in [0.25, 0.3) is 11.0 Å². The van der Waals surface area contributed by atoms with E-state index in [4.69, 9.17) is 34.8 Å². The molecule has 1 saturated carbocycles. The average Bonchev–Trinajstić information content (AvgIpc) is 3.24. The Bertz CT molecular complexity index is 1810. The van der Waals surface area contributed by atoms with Crippen LogP contribution in [0.3, 0.4) is 0 Å².